The summed E-state index contributed by atoms with van der Waals surface area (Å²) in [6, 6.07) is 5.49. The second kappa shape index (κ2) is 8.34. The molecule has 0 amide bonds. The van der Waals surface area contributed by atoms with Crippen molar-refractivity contribution in [3.63, 3.8) is 0 Å². The fraction of sp³-hybridized carbons (Fsp3) is 0.632. The van der Waals surface area contributed by atoms with Crippen LogP contribution in [0.1, 0.15) is 44.5 Å². The molecule has 1 heterocycles. The van der Waals surface area contributed by atoms with Crippen LogP contribution in [-0.4, -0.2) is 43.5 Å². The van der Waals surface area contributed by atoms with E-state index in [1.54, 1.807) is 0 Å². The highest BCUT2D eigenvalue weighted by atomic mass is 16.5. The van der Waals surface area contributed by atoms with Gasteiger partial charge in [0, 0.05) is 18.7 Å². The zero-order valence-electron chi connectivity index (χ0n) is 14.8. The molecule has 4 nitrogen and oxygen atoms in total. The Labute approximate surface area is 139 Å². The van der Waals surface area contributed by atoms with Gasteiger partial charge in [-0.1, -0.05) is 13.8 Å². The number of hydrogen-bond acceptors (Lipinski definition) is 4. The number of carbonyl (C=O) groups is 1. The van der Waals surface area contributed by atoms with Gasteiger partial charge in [0.15, 0.2) is 17.3 Å². The Morgan fingerprint density at radius 1 is 1.09 bits per heavy atom. The van der Waals surface area contributed by atoms with Crippen molar-refractivity contribution in [3.8, 4) is 11.5 Å². The number of ketones is 1. The van der Waals surface area contributed by atoms with E-state index in [0.717, 1.165) is 13.1 Å². The van der Waals surface area contributed by atoms with E-state index >= 15 is 0 Å². The van der Waals surface area contributed by atoms with E-state index in [9.17, 15) is 4.79 Å². The van der Waals surface area contributed by atoms with E-state index in [1.165, 1.54) is 6.42 Å². The number of carbonyl (C=O) groups excluding carboxylic acids is 1. The minimum Gasteiger partial charge on any atom is -0.490 e. The Morgan fingerprint density at radius 2 is 1.70 bits per heavy atom. The highest BCUT2D eigenvalue weighted by Gasteiger charge is 2.24. The van der Waals surface area contributed by atoms with Gasteiger partial charge in [0.05, 0.1) is 19.8 Å². The van der Waals surface area contributed by atoms with Gasteiger partial charge in [-0.2, -0.15) is 0 Å². The summed E-state index contributed by atoms with van der Waals surface area (Å²) >= 11 is 0. The monoisotopic (exact) mass is 319 g/mol. The minimum atomic E-state index is 0.148. The van der Waals surface area contributed by atoms with E-state index < -0.39 is 0 Å². The van der Waals surface area contributed by atoms with Gasteiger partial charge in [0.1, 0.15) is 0 Å². The lowest BCUT2D eigenvalue weighted by Gasteiger charge is -2.34. The Balaban J connectivity index is 2.07. The van der Waals surface area contributed by atoms with Gasteiger partial charge in [-0.25, -0.2) is 0 Å². The van der Waals surface area contributed by atoms with Gasteiger partial charge in [-0.05, 0) is 50.3 Å². The molecule has 23 heavy (non-hydrogen) atoms. The van der Waals surface area contributed by atoms with Crippen LogP contribution in [0.15, 0.2) is 18.2 Å². The molecule has 0 bridgehead atoms. The number of nitrogens with zero attached hydrogens (tertiary/aromatic N) is 1. The third kappa shape index (κ3) is 4.96. The number of benzene rings is 1. The van der Waals surface area contributed by atoms with E-state index in [1.807, 2.05) is 32.0 Å². The molecule has 1 aromatic carbocycles. The molecular weight excluding hydrogens is 290 g/mol. The zero-order valence-corrected chi connectivity index (χ0v) is 14.8. The molecule has 4 heteroatoms. The molecule has 0 aliphatic carbocycles. The molecule has 0 radical (unpaired) electrons. The average Bonchev–Trinajstić information content (AvgIpc) is 2.48. The van der Waals surface area contributed by atoms with E-state index in [4.69, 9.17) is 9.47 Å². The molecule has 0 saturated carbocycles. The summed E-state index contributed by atoms with van der Waals surface area (Å²) in [6.07, 6.45) is 1.25. The highest BCUT2D eigenvalue weighted by Crippen LogP contribution is 2.29. The smallest absolute Gasteiger partial charge is 0.176 e. The predicted molar refractivity (Wildman–Crippen MR) is 92.5 cm³/mol. The van der Waals surface area contributed by atoms with Crippen LogP contribution < -0.4 is 9.47 Å². The summed E-state index contributed by atoms with van der Waals surface area (Å²) in [7, 11) is 0. The molecule has 1 aliphatic heterocycles. The van der Waals surface area contributed by atoms with Gasteiger partial charge in [0.2, 0.25) is 0 Å². The van der Waals surface area contributed by atoms with Crippen molar-refractivity contribution in [3.05, 3.63) is 23.8 Å². The number of hydrogen-bond donors (Lipinski definition) is 0. The Bertz CT molecular complexity index is 519. The zero-order chi connectivity index (χ0) is 16.8. The second-order valence-corrected chi connectivity index (χ2v) is 6.59. The fourth-order valence-corrected chi connectivity index (χ4v) is 3.44. The first-order valence-electron chi connectivity index (χ1n) is 8.68. The molecule has 2 unspecified atom stereocenters. The molecule has 1 aliphatic rings. The lowest BCUT2D eigenvalue weighted by atomic mass is 9.91. The third-order valence-electron chi connectivity index (χ3n) is 4.18. The van der Waals surface area contributed by atoms with Gasteiger partial charge in [-0.15, -0.1) is 0 Å². The Morgan fingerprint density at radius 3 is 2.30 bits per heavy atom. The summed E-state index contributed by atoms with van der Waals surface area (Å²) < 4.78 is 11.2. The third-order valence-corrected chi connectivity index (χ3v) is 4.18. The molecule has 2 rings (SSSR count). The molecule has 128 valence electrons. The van der Waals surface area contributed by atoms with E-state index in [2.05, 4.69) is 18.7 Å². The van der Waals surface area contributed by atoms with Crippen LogP contribution >= 0.6 is 0 Å². The molecule has 2 atom stereocenters. The van der Waals surface area contributed by atoms with Crippen molar-refractivity contribution in [2.24, 2.45) is 11.8 Å². The number of piperidine rings is 1. The van der Waals surface area contributed by atoms with E-state index in [-0.39, 0.29) is 5.78 Å². The predicted octanol–water partition coefficient (Wildman–Crippen LogP) is 3.64. The number of likely N-dealkylation sites (tertiary alicyclic amines) is 1. The van der Waals surface area contributed by atoms with Crippen molar-refractivity contribution in [2.45, 2.75) is 34.1 Å². The topological polar surface area (TPSA) is 38.8 Å². The SMILES string of the molecule is CCOc1ccc(C(=O)CN2CC(C)CC(C)C2)cc1OCC. The second-order valence-electron chi connectivity index (χ2n) is 6.59. The van der Waals surface area contributed by atoms with Crippen LogP contribution in [0.5, 0.6) is 11.5 Å². The van der Waals surface area contributed by atoms with Crippen LogP contribution in [0.3, 0.4) is 0 Å². The maximum absolute atomic E-state index is 12.6. The largest absolute Gasteiger partial charge is 0.490 e. The summed E-state index contributed by atoms with van der Waals surface area (Å²) in [5.74, 6) is 2.82. The van der Waals surface area contributed by atoms with E-state index in [0.29, 0.717) is 48.7 Å². The lowest BCUT2D eigenvalue weighted by Crippen LogP contribution is -2.41. The first-order valence-corrected chi connectivity index (χ1v) is 8.68. The highest BCUT2D eigenvalue weighted by molar-refractivity contribution is 5.98. The maximum Gasteiger partial charge on any atom is 0.176 e. The molecule has 0 aromatic heterocycles. The normalized spacial score (nSPS) is 21.9. The summed E-state index contributed by atoms with van der Waals surface area (Å²) in [4.78, 5) is 14.9. The summed E-state index contributed by atoms with van der Waals surface area (Å²) in [5.41, 5.74) is 0.697. The van der Waals surface area contributed by atoms with Crippen molar-refractivity contribution >= 4 is 5.78 Å². The molecule has 0 N–H and O–H groups in total. The van der Waals surface area contributed by atoms with Gasteiger partial charge in [-0.3, -0.25) is 9.69 Å². The first-order chi connectivity index (χ1) is 11.0. The van der Waals surface area contributed by atoms with Gasteiger partial charge in [0.25, 0.3) is 0 Å². The number of Topliss-reactive ketones (excluding diaryl/α,β-unsaturated/α-hetero) is 1. The van der Waals surface area contributed by atoms with Crippen LogP contribution in [-0.2, 0) is 0 Å². The molecule has 1 aromatic rings. The van der Waals surface area contributed by atoms with Crippen LogP contribution in [0.4, 0.5) is 0 Å². The van der Waals surface area contributed by atoms with Crippen LogP contribution in [0, 0.1) is 11.8 Å². The Kier molecular flexibility index (Phi) is 6.46. The summed E-state index contributed by atoms with van der Waals surface area (Å²) in [6.45, 7) is 12.0. The molecule has 0 spiro atoms. The minimum absolute atomic E-state index is 0.148. The number of rotatable bonds is 7. The molecular formula is C19H29NO3. The quantitative estimate of drug-likeness (QED) is 0.719. The standard InChI is InChI=1S/C19H29NO3/c1-5-22-18-8-7-16(10-19(18)23-6-2)17(21)13-20-11-14(3)9-15(4)12-20/h7-8,10,14-15H,5-6,9,11-13H2,1-4H3. The van der Waals surface area contributed by atoms with Crippen molar-refractivity contribution in [1.29, 1.82) is 0 Å². The first kappa shape index (κ1) is 17.8. The number of ether oxygens (including phenoxy) is 2. The van der Waals surface area contributed by atoms with Gasteiger partial charge >= 0.3 is 0 Å². The van der Waals surface area contributed by atoms with Crippen molar-refractivity contribution in [2.75, 3.05) is 32.8 Å². The van der Waals surface area contributed by atoms with Crippen molar-refractivity contribution in [1.82, 2.24) is 4.90 Å². The average molecular weight is 319 g/mol. The lowest BCUT2D eigenvalue weighted by molar-refractivity contribution is 0.0849. The van der Waals surface area contributed by atoms with Crippen LogP contribution in [0.2, 0.25) is 0 Å². The molecule has 1 fully saturated rings. The van der Waals surface area contributed by atoms with Crippen LogP contribution in [0.25, 0.3) is 0 Å². The van der Waals surface area contributed by atoms with Crippen molar-refractivity contribution < 1.29 is 14.3 Å². The maximum atomic E-state index is 12.6. The summed E-state index contributed by atoms with van der Waals surface area (Å²) in [5, 5.41) is 0. The fourth-order valence-electron chi connectivity index (χ4n) is 3.44. The molecule has 1 saturated heterocycles. The van der Waals surface area contributed by atoms with Gasteiger partial charge < -0.3 is 9.47 Å². The Hall–Kier alpha value is -1.55.